The number of benzene rings is 2. The van der Waals surface area contributed by atoms with Gasteiger partial charge in [0, 0.05) is 10.0 Å². The standard InChI is InChI=1S/C18H20BrNO/c1-4-14-6-8-15(9-7-14)13(3)20-18(21)17-11-16(19)10-5-12(17)2/h5-11,13H,4H2,1-3H3,(H,20,21). The van der Waals surface area contributed by atoms with E-state index in [4.69, 9.17) is 0 Å². The minimum Gasteiger partial charge on any atom is -0.346 e. The number of halogens is 1. The van der Waals surface area contributed by atoms with Crippen LogP contribution >= 0.6 is 15.9 Å². The van der Waals surface area contributed by atoms with Gasteiger partial charge in [0.25, 0.3) is 5.91 Å². The van der Waals surface area contributed by atoms with Crippen LogP contribution in [-0.2, 0) is 6.42 Å². The van der Waals surface area contributed by atoms with Gasteiger partial charge in [0.2, 0.25) is 0 Å². The fourth-order valence-corrected chi connectivity index (χ4v) is 2.60. The Labute approximate surface area is 134 Å². The van der Waals surface area contributed by atoms with E-state index in [0.717, 1.165) is 22.0 Å². The second-order valence-corrected chi connectivity index (χ2v) is 6.17. The first-order chi connectivity index (χ1) is 10.0. The van der Waals surface area contributed by atoms with Gasteiger partial charge in [-0.2, -0.15) is 0 Å². The third-order valence-corrected chi connectivity index (χ3v) is 4.17. The van der Waals surface area contributed by atoms with Gasteiger partial charge in [-0.25, -0.2) is 0 Å². The minimum absolute atomic E-state index is 0.0122. The zero-order valence-electron chi connectivity index (χ0n) is 12.6. The fourth-order valence-electron chi connectivity index (χ4n) is 2.24. The summed E-state index contributed by atoms with van der Waals surface area (Å²) in [7, 11) is 0. The molecule has 21 heavy (non-hydrogen) atoms. The first kappa shape index (κ1) is 15.8. The second kappa shape index (κ2) is 6.90. The topological polar surface area (TPSA) is 29.1 Å². The molecule has 0 aliphatic rings. The molecule has 1 unspecified atom stereocenters. The summed E-state index contributed by atoms with van der Waals surface area (Å²) in [6, 6.07) is 14.1. The summed E-state index contributed by atoms with van der Waals surface area (Å²) in [5.74, 6) is -0.0409. The molecule has 1 amide bonds. The van der Waals surface area contributed by atoms with Crippen molar-refractivity contribution in [1.29, 1.82) is 0 Å². The van der Waals surface area contributed by atoms with Crippen LogP contribution in [0.15, 0.2) is 46.9 Å². The highest BCUT2D eigenvalue weighted by molar-refractivity contribution is 9.10. The Morgan fingerprint density at radius 2 is 1.86 bits per heavy atom. The van der Waals surface area contributed by atoms with Crippen molar-refractivity contribution in [2.75, 3.05) is 0 Å². The van der Waals surface area contributed by atoms with E-state index in [1.807, 2.05) is 32.0 Å². The van der Waals surface area contributed by atoms with Gasteiger partial charge in [0.1, 0.15) is 0 Å². The lowest BCUT2D eigenvalue weighted by Gasteiger charge is -2.16. The van der Waals surface area contributed by atoms with E-state index < -0.39 is 0 Å². The lowest BCUT2D eigenvalue weighted by molar-refractivity contribution is 0.0939. The predicted octanol–water partition coefficient (Wildman–Crippen LogP) is 4.81. The maximum atomic E-state index is 12.4. The van der Waals surface area contributed by atoms with Gasteiger partial charge in [-0.1, -0.05) is 53.2 Å². The summed E-state index contributed by atoms with van der Waals surface area (Å²) in [5.41, 5.74) is 4.11. The molecule has 0 heterocycles. The van der Waals surface area contributed by atoms with E-state index in [-0.39, 0.29) is 11.9 Å². The van der Waals surface area contributed by atoms with Crippen molar-refractivity contribution in [3.63, 3.8) is 0 Å². The van der Waals surface area contributed by atoms with Crippen LogP contribution in [0.5, 0.6) is 0 Å². The highest BCUT2D eigenvalue weighted by atomic mass is 79.9. The largest absolute Gasteiger partial charge is 0.346 e. The van der Waals surface area contributed by atoms with Crippen LogP contribution in [0.1, 0.15) is 46.9 Å². The molecule has 0 saturated heterocycles. The third kappa shape index (κ3) is 3.94. The summed E-state index contributed by atoms with van der Waals surface area (Å²) in [5, 5.41) is 3.06. The third-order valence-electron chi connectivity index (χ3n) is 3.68. The van der Waals surface area contributed by atoms with Crippen LogP contribution in [-0.4, -0.2) is 5.91 Å². The predicted molar refractivity (Wildman–Crippen MR) is 90.6 cm³/mol. The van der Waals surface area contributed by atoms with Crippen molar-refractivity contribution >= 4 is 21.8 Å². The fraction of sp³-hybridized carbons (Fsp3) is 0.278. The molecule has 0 fully saturated rings. The number of aryl methyl sites for hydroxylation is 2. The zero-order valence-corrected chi connectivity index (χ0v) is 14.2. The summed E-state index contributed by atoms with van der Waals surface area (Å²) >= 11 is 3.41. The first-order valence-electron chi connectivity index (χ1n) is 7.17. The SMILES string of the molecule is CCc1ccc(C(C)NC(=O)c2cc(Br)ccc2C)cc1. The van der Waals surface area contributed by atoms with Gasteiger partial charge in [-0.15, -0.1) is 0 Å². The minimum atomic E-state index is -0.0409. The molecule has 110 valence electrons. The van der Waals surface area contributed by atoms with Crippen LogP contribution in [0.25, 0.3) is 0 Å². The Bertz CT molecular complexity index is 634. The molecule has 0 saturated carbocycles. The molecule has 0 aliphatic carbocycles. The van der Waals surface area contributed by atoms with Crippen molar-refractivity contribution in [3.8, 4) is 0 Å². The number of carbonyl (C=O) groups excluding carboxylic acids is 1. The van der Waals surface area contributed by atoms with Crippen molar-refractivity contribution in [2.24, 2.45) is 0 Å². The van der Waals surface area contributed by atoms with Crippen molar-refractivity contribution in [3.05, 3.63) is 69.2 Å². The van der Waals surface area contributed by atoms with Gasteiger partial charge in [-0.3, -0.25) is 4.79 Å². The molecule has 1 N–H and O–H groups in total. The lowest BCUT2D eigenvalue weighted by Crippen LogP contribution is -2.27. The van der Waals surface area contributed by atoms with E-state index in [1.54, 1.807) is 0 Å². The maximum Gasteiger partial charge on any atom is 0.252 e. The summed E-state index contributed by atoms with van der Waals surface area (Å²) in [6.45, 7) is 6.09. The summed E-state index contributed by atoms with van der Waals surface area (Å²) in [4.78, 5) is 12.4. The van der Waals surface area contributed by atoms with E-state index in [1.165, 1.54) is 5.56 Å². The van der Waals surface area contributed by atoms with E-state index in [0.29, 0.717) is 5.56 Å². The van der Waals surface area contributed by atoms with E-state index in [2.05, 4.69) is 52.4 Å². The molecule has 3 heteroatoms. The van der Waals surface area contributed by atoms with Crippen molar-refractivity contribution < 1.29 is 4.79 Å². The Kier molecular flexibility index (Phi) is 5.18. The number of hydrogen-bond acceptors (Lipinski definition) is 1. The Morgan fingerprint density at radius 3 is 2.48 bits per heavy atom. The Balaban J connectivity index is 2.12. The van der Waals surface area contributed by atoms with Crippen LogP contribution in [0.4, 0.5) is 0 Å². The van der Waals surface area contributed by atoms with Crippen LogP contribution in [0.3, 0.4) is 0 Å². The Morgan fingerprint density at radius 1 is 1.19 bits per heavy atom. The molecule has 0 aliphatic heterocycles. The number of carbonyl (C=O) groups is 1. The van der Waals surface area contributed by atoms with Crippen LogP contribution in [0, 0.1) is 6.92 Å². The number of rotatable bonds is 4. The highest BCUT2D eigenvalue weighted by Gasteiger charge is 2.13. The van der Waals surface area contributed by atoms with Crippen molar-refractivity contribution in [1.82, 2.24) is 5.32 Å². The van der Waals surface area contributed by atoms with Gasteiger partial charge < -0.3 is 5.32 Å². The molecule has 0 bridgehead atoms. The summed E-state index contributed by atoms with van der Waals surface area (Å²) in [6.07, 6.45) is 1.03. The number of hydrogen-bond donors (Lipinski definition) is 1. The molecule has 2 nitrogen and oxygen atoms in total. The molecule has 0 spiro atoms. The maximum absolute atomic E-state index is 12.4. The molecule has 2 aromatic rings. The molecule has 0 radical (unpaired) electrons. The van der Waals surface area contributed by atoms with E-state index in [9.17, 15) is 4.79 Å². The monoisotopic (exact) mass is 345 g/mol. The normalized spacial score (nSPS) is 12.0. The number of nitrogens with one attached hydrogen (secondary N) is 1. The average molecular weight is 346 g/mol. The quantitative estimate of drug-likeness (QED) is 0.846. The van der Waals surface area contributed by atoms with Gasteiger partial charge in [0.05, 0.1) is 6.04 Å². The zero-order chi connectivity index (χ0) is 15.4. The van der Waals surface area contributed by atoms with Crippen molar-refractivity contribution in [2.45, 2.75) is 33.2 Å². The molecule has 1 atom stereocenters. The molecular formula is C18H20BrNO. The smallest absolute Gasteiger partial charge is 0.252 e. The Hall–Kier alpha value is -1.61. The second-order valence-electron chi connectivity index (χ2n) is 5.25. The molecule has 0 aromatic heterocycles. The molecule has 2 aromatic carbocycles. The van der Waals surface area contributed by atoms with Crippen LogP contribution < -0.4 is 5.32 Å². The van der Waals surface area contributed by atoms with Gasteiger partial charge in [0.15, 0.2) is 0 Å². The van der Waals surface area contributed by atoms with E-state index >= 15 is 0 Å². The average Bonchev–Trinajstić information content (AvgIpc) is 2.49. The van der Waals surface area contributed by atoms with Crippen LogP contribution in [0.2, 0.25) is 0 Å². The first-order valence-corrected chi connectivity index (χ1v) is 7.96. The highest BCUT2D eigenvalue weighted by Crippen LogP contribution is 2.18. The number of amides is 1. The van der Waals surface area contributed by atoms with Gasteiger partial charge in [-0.05, 0) is 49.1 Å². The molecular weight excluding hydrogens is 326 g/mol. The molecule has 2 rings (SSSR count). The van der Waals surface area contributed by atoms with Gasteiger partial charge >= 0.3 is 0 Å². The lowest BCUT2D eigenvalue weighted by atomic mass is 10.0. The summed E-state index contributed by atoms with van der Waals surface area (Å²) < 4.78 is 0.915.